The Bertz CT molecular complexity index is 612. The van der Waals surface area contributed by atoms with Crippen LogP contribution in [0.25, 0.3) is 0 Å². The van der Waals surface area contributed by atoms with Crippen LogP contribution in [0.5, 0.6) is 0 Å². The fourth-order valence-electron chi connectivity index (χ4n) is 2.28. The zero-order chi connectivity index (χ0) is 15.9. The zero-order valence-electron chi connectivity index (χ0n) is 13.6. The molecule has 0 aliphatic rings. The van der Waals surface area contributed by atoms with Crippen molar-refractivity contribution < 1.29 is 9.67 Å². The maximum atomic E-state index is 9.11. The van der Waals surface area contributed by atoms with Crippen LogP contribution in [0.1, 0.15) is 41.7 Å². The van der Waals surface area contributed by atoms with Crippen LogP contribution in [0.2, 0.25) is 0 Å². The molecule has 2 N–H and O–H groups in total. The number of anilines is 1. The molecular formula is C16H25N4OS+. The molecule has 0 saturated heterocycles. The predicted octanol–water partition coefficient (Wildman–Crippen LogP) is 2.24. The third kappa shape index (κ3) is 4.24. The number of rotatable bonds is 8. The maximum Gasteiger partial charge on any atom is 0.225 e. The van der Waals surface area contributed by atoms with Crippen molar-refractivity contribution in [3.05, 3.63) is 33.7 Å². The van der Waals surface area contributed by atoms with Gasteiger partial charge in [-0.1, -0.05) is 24.7 Å². The van der Waals surface area contributed by atoms with Gasteiger partial charge >= 0.3 is 0 Å². The van der Waals surface area contributed by atoms with Gasteiger partial charge < -0.3 is 10.4 Å². The van der Waals surface area contributed by atoms with Crippen LogP contribution in [0.3, 0.4) is 0 Å². The Kier molecular flexibility index (Phi) is 6.27. The number of hydrogen-bond acceptors (Lipinski definition) is 5. The summed E-state index contributed by atoms with van der Waals surface area (Å²) in [6, 6.07) is 0. The summed E-state index contributed by atoms with van der Waals surface area (Å²) < 4.78 is 2.20. The molecule has 0 saturated carbocycles. The van der Waals surface area contributed by atoms with Crippen molar-refractivity contribution in [2.24, 2.45) is 0 Å². The minimum Gasteiger partial charge on any atom is -0.396 e. The van der Waals surface area contributed by atoms with Crippen molar-refractivity contribution in [3.8, 4) is 0 Å². The molecule has 2 aromatic heterocycles. The van der Waals surface area contributed by atoms with Crippen molar-refractivity contribution in [2.45, 2.75) is 46.6 Å². The Labute approximate surface area is 136 Å². The quantitative estimate of drug-likeness (QED) is 0.578. The van der Waals surface area contributed by atoms with Gasteiger partial charge in [0.1, 0.15) is 11.6 Å². The first kappa shape index (κ1) is 16.8. The van der Waals surface area contributed by atoms with Gasteiger partial charge in [0, 0.05) is 32.7 Å². The van der Waals surface area contributed by atoms with Gasteiger partial charge in [0.2, 0.25) is 5.51 Å². The number of unbranched alkanes of at least 4 members (excludes halogenated alkanes) is 1. The molecule has 0 spiro atoms. The molecule has 0 aromatic carbocycles. The first-order chi connectivity index (χ1) is 10.7. The van der Waals surface area contributed by atoms with E-state index in [-0.39, 0.29) is 6.61 Å². The summed E-state index contributed by atoms with van der Waals surface area (Å²) in [5, 5.41) is 12.5. The molecule has 0 atom stereocenters. The summed E-state index contributed by atoms with van der Waals surface area (Å²) in [6.07, 6.45) is 4.92. The largest absolute Gasteiger partial charge is 0.396 e. The lowest BCUT2D eigenvalue weighted by molar-refractivity contribution is -0.689. The molecule has 22 heavy (non-hydrogen) atoms. The minimum atomic E-state index is 0.193. The van der Waals surface area contributed by atoms with Gasteiger partial charge in [0.15, 0.2) is 12.2 Å². The van der Waals surface area contributed by atoms with Crippen LogP contribution < -0.4 is 9.88 Å². The predicted molar refractivity (Wildman–Crippen MR) is 89.3 cm³/mol. The van der Waals surface area contributed by atoms with Crippen molar-refractivity contribution >= 4 is 17.2 Å². The van der Waals surface area contributed by atoms with Crippen LogP contribution in [0, 0.1) is 13.8 Å². The molecule has 0 aliphatic heterocycles. The van der Waals surface area contributed by atoms with Gasteiger partial charge in [-0.2, -0.15) is 4.57 Å². The van der Waals surface area contributed by atoms with E-state index in [1.54, 1.807) is 11.3 Å². The first-order valence-electron chi connectivity index (χ1n) is 7.79. The highest BCUT2D eigenvalue weighted by atomic mass is 32.1. The van der Waals surface area contributed by atoms with E-state index in [1.165, 1.54) is 10.6 Å². The molecule has 5 nitrogen and oxygen atoms in total. The van der Waals surface area contributed by atoms with E-state index in [0.717, 1.165) is 49.6 Å². The highest BCUT2D eigenvalue weighted by Gasteiger charge is 2.17. The van der Waals surface area contributed by atoms with Gasteiger partial charge in [-0.15, -0.1) is 0 Å². The zero-order valence-corrected chi connectivity index (χ0v) is 14.4. The molecule has 120 valence electrons. The number of aromatic nitrogens is 3. The van der Waals surface area contributed by atoms with Crippen LogP contribution in [0.15, 0.2) is 11.7 Å². The van der Waals surface area contributed by atoms with Crippen molar-refractivity contribution in [1.82, 2.24) is 9.97 Å². The lowest BCUT2D eigenvalue weighted by Crippen LogP contribution is -2.35. The molecule has 0 unspecified atom stereocenters. The van der Waals surface area contributed by atoms with Crippen molar-refractivity contribution in [3.63, 3.8) is 0 Å². The normalized spacial score (nSPS) is 10.9. The summed E-state index contributed by atoms with van der Waals surface area (Å²) >= 11 is 1.69. The average Bonchev–Trinajstić information content (AvgIpc) is 2.84. The van der Waals surface area contributed by atoms with E-state index in [0.29, 0.717) is 0 Å². The van der Waals surface area contributed by atoms with Gasteiger partial charge in [-0.3, -0.25) is 0 Å². The van der Waals surface area contributed by atoms with E-state index in [4.69, 9.17) is 5.11 Å². The number of nitrogens with zero attached hydrogens (tertiary/aromatic N) is 3. The summed E-state index contributed by atoms with van der Waals surface area (Å²) in [6.45, 7) is 8.07. The molecule has 2 rings (SSSR count). The molecule has 6 heteroatoms. The molecule has 0 amide bonds. The lowest BCUT2D eigenvalue weighted by atomic mass is 10.2. The van der Waals surface area contributed by atoms with E-state index in [9.17, 15) is 0 Å². The monoisotopic (exact) mass is 321 g/mol. The van der Waals surface area contributed by atoms with Gasteiger partial charge in [-0.05, 0) is 13.3 Å². The fraction of sp³-hybridized carbons (Fsp3) is 0.562. The van der Waals surface area contributed by atoms with E-state index in [2.05, 4.69) is 39.2 Å². The Balaban J connectivity index is 2.17. The number of nitrogens with one attached hydrogen (secondary N) is 1. The van der Waals surface area contributed by atoms with Crippen LogP contribution in [-0.2, 0) is 13.0 Å². The fourth-order valence-corrected chi connectivity index (χ4v) is 3.26. The maximum absolute atomic E-state index is 9.11. The molecular weight excluding hydrogens is 296 g/mol. The van der Waals surface area contributed by atoms with Crippen LogP contribution in [0.4, 0.5) is 5.82 Å². The summed E-state index contributed by atoms with van der Waals surface area (Å²) in [4.78, 5) is 10.1. The van der Waals surface area contributed by atoms with E-state index >= 15 is 0 Å². The molecule has 0 bridgehead atoms. The first-order valence-corrected chi connectivity index (χ1v) is 8.67. The molecule has 0 radical (unpaired) electrons. The minimum absolute atomic E-state index is 0.193. The van der Waals surface area contributed by atoms with Crippen LogP contribution in [-0.4, -0.2) is 28.2 Å². The van der Waals surface area contributed by atoms with Gasteiger partial charge in [0.05, 0.1) is 10.4 Å². The molecule has 2 aromatic rings. The van der Waals surface area contributed by atoms with Crippen molar-refractivity contribution in [1.29, 1.82) is 0 Å². The third-order valence-corrected chi connectivity index (χ3v) is 4.79. The second-order valence-electron chi connectivity index (χ2n) is 5.40. The van der Waals surface area contributed by atoms with Gasteiger partial charge in [-0.25, -0.2) is 9.97 Å². The Morgan fingerprint density at radius 3 is 2.91 bits per heavy atom. The van der Waals surface area contributed by atoms with Crippen molar-refractivity contribution in [2.75, 3.05) is 18.5 Å². The molecule has 0 aliphatic carbocycles. The highest BCUT2D eigenvalue weighted by Crippen LogP contribution is 2.15. The number of hydrogen-bond donors (Lipinski definition) is 2. The smallest absolute Gasteiger partial charge is 0.225 e. The SMILES string of the molecule is CCCCNc1nc(C)ncc1C[n+]1csc(CCO)c1C. The second kappa shape index (κ2) is 8.19. The Morgan fingerprint density at radius 1 is 1.36 bits per heavy atom. The second-order valence-corrected chi connectivity index (χ2v) is 6.34. The Hall–Kier alpha value is -1.53. The Morgan fingerprint density at radius 2 is 2.18 bits per heavy atom. The summed E-state index contributed by atoms with van der Waals surface area (Å²) in [7, 11) is 0. The van der Waals surface area contributed by atoms with E-state index in [1.807, 2.05) is 13.1 Å². The highest BCUT2D eigenvalue weighted by molar-refractivity contribution is 7.09. The number of aliphatic hydroxyl groups excluding tert-OH is 1. The standard InChI is InChI=1S/C16H25N4OS/c1-4-5-7-17-16-14(9-18-13(3)19-16)10-20-11-22-15(6-8-21)12(20)2/h9,11,21H,4-8,10H2,1-3H3,(H,17,18,19)/q+1. The number of aliphatic hydroxyl groups is 1. The number of thiazole rings is 1. The van der Waals surface area contributed by atoms with E-state index < -0.39 is 0 Å². The topological polar surface area (TPSA) is 61.9 Å². The van der Waals surface area contributed by atoms with Crippen LogP contribution >= 0.6 is 11.3 Å². The third-order valence-electron chi connectivity index (χ3n) is 3.64. The summed E-state index contributed by atoms with van der Waals surface area (Å²) in [5.41, 5.74) is 4.41. The average molecular weight is 321 g/mol. The molecule has 2 heterocycles. The lowest BCUT2D eigenvalue weighted by Gasteiger charge is -2.09. The van der Waals surface area contributed by atoms with Gasteiger partial charge in [0.25, 0.3) is 0 Å². The number of aryl methyl sites for hydroxylation is 1. The summed E-state index contributed by atoms with van der Waals surface area (Å²) in [5.74, 6) is 1.72. The molecule has 0 fully saturated rings.